The van der Waals surface area contributed by atoms with E-state index >= 15 is 0 Å². The van der Waals surface area contributed by atoms with Crippen LogP contribution in [0.2, 0.25) is 0 Å². The monoisotopic (exact) mass is 212 g/mol. The molecule has 0 aliphatic carbocycles. The molecule has 0 aromatic carbocycles. The lowest BCUT2D eigenvalue weighted by molar-refractivity contribution is -0.138. The number of carboxylic acid groups (broad SMARTS) is 1. The van der Waals surface area contributed by atoms with E-state index in [4.69, 9.17) is 5.11 Å². The molecule has 0 saturated carbocycles. The number of aliphatic carboxylic acids is 1. The molecular weight excluding hydrogens is 199 g/mol. The average molecular weight is 212 g/mol. The average Bonchev–Trinajstić information content (AvgIpc) is 2.14. The number of carbonyl (C=O) groups excluding carboxylic acids is 1. The summed E-state index contributed by atoms with van der Waals surface area (Å²) >= 11 is 0. The highest BCUT2D eigenvalue weighted by atomic mass is 31.0. The third-order valence-electron chi connectivity index (χ3n) is 1.39. The summed E-state index contributed by atoms with van der Waals surface area (Å²) in [5, 5.41) is 9.18. The molecule has 0 heterocycles. The maximum absolute atomic E-state index is 11.0. The lowest BCUT2D eigenvalue weighted by atomic mass is 10.2. The minimum Gasteiger partial charge on any atom is -0.481 e. The molecule has 76 valence electrons. The van der Waals surface area contributed by atoms with Crippen molar-refractivity contribution in [1.29, 1.82) is 0 Å². The molecule has 1 N–H and O–H groups in total. The van der Waals surface area contributed by atoms with Gasteiger partial charge in [-0.05, 0) is 11.4 Å². The molecule has 0 spiro atoms. The predicted molar refractivity (Wildman–Crippen MR) is 59.0 cm³/mol. The summed E-state index contributed by atoms with van der Waals surface area (Å²) in [4.78, 5) is 21.1. The number of hydrogen-bond acceptors (Lipinski definition) is 2. The van der Waals surface area contributed by atoms with E-state index in [1.807, 2.05) is 0 Å². The van der Waals surface area contributed by atoms with Crippen LogP contribution in [0.1, 0.15) is 12.8 Å². The lowest BCUT2D eigenvalue weighted by Gasteiger charge is -1.89. The van der Waals surface area contributed by atoms with Crippen LogP contribution >= 0.6 is 9.24 Å². The first kappa shape index (κ1) is 12.8. The van der Waals surface area contributed by atoms with Crippen LogP contribution in [0.15, 0.2) is 36.2 Å². The Labute approximate surface area is 85.4 Å². The van der Waals surface area contributed by atoms with Crippen molar-refractivity contribution < 1.29 is 14.7 Å². The van der Waals surface area contributed by atoms with Crippen LogP contribution in [0, 0.1) is 0 Å². The van der Waals surface area contributed by atoms with Crippen LogP contribution in [-0.2, 0) is 9.59 Å². The summed E-state index contributed by atoms with van der Waals surface area (Å²) in [6.45, 7) is 3.53. The maximum Gasteiger partial charge on any atom is 0.303 e. The normalized spacial score (nSPS) is 11.6. The van der Waals surface area contributed by atoms with Crippen molar-refractivity contribution in [1.82, 2.24) is 0 Å². The molecule has 1 unspecified atom stereocenters. The SMILES string of the molecule is C=C/C(P)=C\C=C\C(=O)CCC(=O)O. The molecule has 0 rings (SSSR count). The fourth-order valence-electron chi connectivity index (χ4n) is 0.648. The van der Waals surface area contributed by atoms with Gasteiger partial charge in [-0.2, -0.15) is 0 Å². The van der Waals surface area contributed by atoms with Gasteiger partial charge in [0, 0.05) is 6.42 Å². The van der Waals surface area contributed by atoms with Crippen LogP contribution in [0.3, 0.4) is 0 Å². The summed E-state index contributed by atoms with van der Waals surface area (Å²) in [5.74, 6) is -1.15. The first-order valence-corrected chi connectivity index (χ1v) is 4.65. The van der Waals surface area contributed by atoms with Crippen molar-refractivity contribution >= 4 is 21.0 Å². The van der Waals surface area contributed by atoms with Crippen molar-refractivity contribution in [3.63, 3.8) is 0 Å². The molecule has 0 saturated heterocycles. The van der Waals surface area contributed by atoms with E-state index in [1.165, 1.54) is 6.08 Å². The number of hydrogen-bond donors (Lipinski definition) is 1. The largest absolute Gasteiger partial charge is 0.481 e. The van der Waals surface area contributed by atoms with Gasteiger partial charge in [0.05, 0.1) is 6.42 Å². The maximum atomic E-state index is 11.0. The van der Waals surface area contributed by atoms with Crippen LogP contribution < -0.4 is 0 Å². The van der Waals surface area contributed by atoms with E-state index in [0.717, 1.165) is 5.31 Å². The van der Waals surface area contributed by atoms with Gasteiger partial charge in [-0.15, -0.1) is 9.24 Å². The smallest absolute Gasteiger partial charge is 0.303 e. The van der Waals surface area contributed by atoms with Crippen molar-refractivity contribution in [2.45, 2.75) is 12.8 Å². The molecule has 14 heavy (non-hydrogen) atoms. The number of carbonyl (C=O) groups is 2. The van der Waals surface area contributed by atoms with E-state index in [-0.39, 0.29) is 18.6 Å². The van der Waals surface area contributed by atoms with Crippen LogP contribution in [0.4, 0.5) is 0 Å². The first-order chi connectivity index (χ1) is 6.56. The molecule has 0 radical (unpaired) electrons. The molecule has 0 aliphatic heterocycles. The van der Waals surface area contributed by atoms with Crippen molar-refractivity contribution in [3.8, 4) is 0 Å². The van der Waals surface area contributed by atoms with Gasteiger partial charge in [-0.3, -0.25) is 9.59 Å². The van der Waals surface area contributed by atoms with Gasteiger partial charge in [0.25, 0.3) is 0 Å². The fourth-order valence-corrected chi connectivity index (χ4v) is 0.759. The standard InChI is InChI=1S/C10H13O3P/c1-2-9(14)5-3-4-8(11)6-7-10(12)13/h2-5H,1,6-7,14H2,(H,12,13)/b4-3+,9-5+. The minimum absolute atomic E-state index is 0.0416. The van der Waals surface area contributed by atoms with E-state index in [2.05, 4.69) is 15.8 Å². The second kappa shape index (κ2) is 7.22. The van der Waals surface area contributed by atoms with Gasteiger partial charge in [0.1, 0.15) is 0 Å². The fraction of sp³-hybridized carbons (Fsp3) is 0.200. The van der Waals surface area contributed by atoms with Crippen molar-refractivity contribution in [3.05, 3.63) is 36.2 Å². The molecule has 0 aliphatic rings. The zero-order chi connectivity index (χ0) is 11.0. The van der Waals surface area contributed by atoms with Gasteiger partial charge < -0.3 is 5.11 Å². The molecule has 0 aromatic heterocycles. The summed E-state index contributed by atoms with van der Waals surface area (Å²) in [6, 6.07) is 0. The molecule has 1 atom stereocenters. The Morgan fingerprint density at radius 3 is 2.50 bits per heavy atom. The number of rotatable bonds is 6. The highest BCUT2D eigenvalue weighted by Crippen LogP contribution is 2.05. The Morgan fingerprint density at radius 2 is 2.00 bits per heavy atom. The Morgan fingerprint density at radius 1 is 1.36 bits per heavy atom. The number of allylic oxidation sites excluding steroid dienone is 5. The summed E-state index contributed by atoms with van der Waals surface area (Å²) in [6.07, 6.45) is 6.19. The van der Waals surface area contributed by atoms with Gasteiger partial charge in [-0.1, -0.05) is 24.8 Å². The van der Waals surface area contributed by atoms with Gasteiger partial charge in [0.15, 0.2) is 5.78 Å². The first-order valence-electron chi connectivity index (χ1n) is 4.07. The Hall–Kier alpha value is -1.21. The number of ketones is 1. The van der Waals surface area contributed by atoms with Crippen molar-refractivity contribution in [2.75, 3.05) is 0 Å². The van der Waals surface area contributed by atoms with E-state index < -0.39 is 5.97 Å². The highest BCUT2D eigenvalue weighted by molar-refractivity contribution is 7.22. The highest BCUT2D eigenvalue weighted by Gasteiger charge is 2.00. The zero-order valence-electron chi connectivity index (χ0n) is 7.77. The zero-order valence-corrected chi connectivity index (χ0v) is 8.93. The van der Waals surface area contributed by atoms with Crippen molar-refractivity contribution in [2.24, 2.45) is 0 Å². The van der Waals surface area contributed by atoms with Crippen LogP contribution in [0.5, 0.6) is 0 Å². The molecule has 0 bridgehead atoms. The van der Waals surface area contributed by atoms with Gasteiger partial charge in [0.2, 0.25) is 0 Å². The molecule has 0 amide bonds. The second-order valence-corrected chi connectivity index (χ2v) is 3.26. The van der Waals surface area contributed by atoms with Gasteiger partial charge >= 0.3 is 5.97 Å². The molecule has 3 nitrogen and oxygen atoms in total. The van der Waals surface area contributed by atoms with Gasteiger partial charge in [-0.25, -0.2) is 0 Å². The minimum atomic E-state index is -0.958. The van der Waals surface area contributed by atoms with Crippen LogP contribution in [0.25, 0.3) is 0 Å². The van der Waals surface area contributed by atoms with E-state index in [9.17, 15) is 9.59 Å². The molecule has 0 fully saturated rings. The molecule has 0 aromatic rings. The summed E-state index contributed by atoms with van der Waals surface area (Å²) in [5.41, 5.74) is 0. The summed E-state index contributed by atoms with van der Waals surface area (Å²) < 4.78 is 0. The third kappa shape index (κ3) is 7.44. The van der Waals surface area contributed by atoms with E-state index in [0.29, 0.717) is 0 Å². The topological polar surface area (TPSA) is 54.4 Å². The quantitative estimate of drug-likeness (QED) is 0.415. The molecular formula is C10H13O3P. The van der Waals surface area contributed by atoms with E-state index in [1.54, 1.807) is 18.2 Å². The Kier molecular flexibility index (Phi) is 6.59. The molecule has 4 heteroatoms. The Bertz CT molecular complexity index is 290. The lowest BCUT2D eigenvalue weighted by Crippen LogP contribution is -1.99. The third-order valence-corrected chi connectivity index (χ3v) is 1.82. The second-order valence-electron chi connectivity index (χ2n) is 2.59. The summed E-state index contributed by atoms with van der Waals surface area (Å²) in [7, 11) is 2.44. The van der Waals surface area contributed by atoms with Crippen LogP contribution in [-0.4, -0.2) is 16.9 Å². The number of carboxylic acids is 1. The predicted octanol–water partition coefficient (Wildman–Crippen LogP) is 1.92. The Balaban J connectivity index is 3.94.